The molecular formula is C16H14N2O2. The average molecular weight is 266 g/mol. The number of aryl methyl sites for hydroxylation is 1. The summed E-state index contributed by atoms with van der Waals surface area (Å²) < 4.78 is 4.74. The van der Waals surface area contributed by atoms with Gasteiger partial charge in [0, 0.05) is 17.5 Å². The lowest BCUT2D eigenvalue weighted by atomic mass is 10.0. The van der Waals surface area contributed by atoms with Crippen LogP contribution in [0.1, 0.15) is 33.0 Å². The molecule has 0 saturated carbocycles. The Morgan fingerprint density at radius 3 is 2.90 bits per heavy atom. The van der Waals surface area contributed by atoms with E-state index in [1.54, 1.807) is 12.3 Å². The Morgan fingerprint density at radius 2 is 2.15 bits per heavy atom. The molecule has 1 aliphatic rings. The molecule has 0 amide bonds. The fourth-order valence-electron chi connectivity index (χ4n) is 2.38. The van der Waals surface area contributed by atoms with Crippen molar-refractivity contribution in [2.24, 2.45) is 0 Å². The minimum Gasteiger partial charge on any atom is -0.465 e. The lowest BCUT2D eigenvalue weighted by Gasteiger charge is -2.07. The van der Waals surface area contributed by atoms with Gasteiger partial charge in [0.2, 0.25) is 0 Å². The summed E-state index contributed by atoms with van der Waals surface area (Å²) in [5.41, 5.74) is 4.73. The quantitative estimate of drug-likeness (QED) is 0.784. The molecule has 0 bridgehead atoms. The van der Waals surface area contributed by atoms with Gasteiger partial charge in [0.1, 0.15) is 0 Å². The number of allylic oxidation sites excluding steroid dienone is 1. The van der Waals surface area contributed by atoms with Crippen molar-refractivity contribution in [3.05, 3.63) is 64.7 Å². The van der Waals surface area contributed by atoms with Gasteiger partial charge in [-0.25, -0.2) is 14.8 Å². The number of fused-ring (bicyclic) bond motifs is 1. The summed E-state index contributed by atoms with van der Waals surface area (Å²) in [6.07, 6.45) is 4.65. The summed E-state index contributed by atoms with van der Waals surface area (Å²) in [4.78, 5) is 20.3. The Hall–Kier alpha value is -2.49. The third kappa shape index (κ3) is 2.09. The van der Waals surface area contributed by atoms with Gasteiger partial charge in [0.15, 0.2) is 5.82 Å². The van der Waals surface area contributed by atoms with E-state index in [0.29, 0.717) is 5.56 Å². The summed E-state index contributed by atoms with van der Waals surface area (Å²) in [6, 6.07) is 7.46. The van der Waals surface area contributed by atoms with Gasteiger partial charge in [0.05, 0.1) is 12.7 Å². The second-order valence-electron chi connectivity index (χ2n) is 4.71. The highest BCUT2D eigenvalue weighted by atomic mass is 16.5. The standard InChI is InChI=1S/C16H14N2O2/c1-10-7-8-17-15(18-10)14-6-3-11-9-12(16(19)20-2)4-5-13(11)14/h4-9H,3H2,1-2H3. The Labute approximate surface area is 117 Å². The van der Waals surface area contributed by atoms with Crippen LogP contribution in [-0.2, 0) is 11.2 Å². The number of nitrogens with zero attached hydrogens (tertiary/aromatic N) is 2. The molecule has 0 fully saturated rings. The minimum atomic E-state index is -0.312. The number of benzene rings is 1. The van der Waals surface area contributed by atoms with Crippen LogP contribution in [0.3, 0.4) is 0 Å². The summed E-state index contributed by atoms with van der Waals surface area (Å²) in [7, 11) is 1.39. The van der Waals surface area contributed by atoms with E-state index in [1.165, 1.54) is 7.11 Å². The number of aromatic nitrogens is 2. The molecule has 1 aromatic heterocycles. The molecule has 0 radical (unpaired) electrons. The summed E-state index contributed by atoms with van der Waals surface area (Å²) in [6.45, 7) is 1.95. The molecule has 0 unspecified atom stereocenters. The predicted molar refractivity (Wildman–Crippen MR) is 75.3 cm³/mol. The van der Waals surface area contributed by atoms with Crippen molar-refractivity contribution in [2.75, 3.05) is 7.11 Å². The van der Waals surface area contributed by atoms with Crippen molar-refractivity contribution in [3.63, 3.8) is 0 Å². The van der Waals surface area contributed by atoms with Crippen LogP contribution in [0.5, 0.6) is 0 Å². The van der Waals surface area contributed by atoms with Crippen LogP contribution < -0.4 is 0 Å². The van der Waals surface area contributed by atoms with E-state index in [-0.39, 0.29) is 5.97 Å². The van der Waals surface area contributed by atoms with E-state index in [4.69, 9.17) is 4.74 Å². The summed E-state index contributed by atoms with van der Waals surface area (Å²) >= 11 is 0. The molecule has 0 atom stereocenters. The molecule has 4 heteroatoms. The second kappa shape index (κ2) is 4.89. The van der Waals surface area contributed by atoms with Gasteiger partial charge in [0.25, 0.3) is 0 Å². The molecule has 100 valence electrons. The fourth-order valence-corrected chi connectivity index (χ4v) is 2.38. The second-order valence-corrected chi connectivity index (χ2v) is 4.71. The first-order valence-electron chi connectivity index (χ1n) is 6.41. The molecule has 0 saturated heterocycles. The van der Waals surface area contributed by atoms with Crippen molar-refractivity contribution in [2.45, 2.75) is 13.3 Å². The molecule has 0 N–H and O–H groups in total. The first-order chi connectivity index (χ1) is 9.69. The van der Waals surface area contributed by atoms with Crippen LogP contribution in [0.15, 0.2) is 36.5 Å². The van der Waals surface area contributed by atoms with Crippen LogP contribution in [0.2, 0.25) is 0 Å². The lowest BCUT2D eigenvalue weighted by molar-refractivity contribution is 0.0600. The van der Waals surface area contributed by atoms with Crippen molar-refractivity contribution >= 4 is 11.5 Å². The maximum atomic E-state index is 11.5. The van der Waals surface area contributed by atoms with E-state index < -0.39 is 0 Å². The highest BCUT2D eigenvalue weighted by Gasteiger charge is 2.19. The number of methoxy groups -OCH3 is 1. The Bertz CT molecular complexity index is 720. The zero-order valence-electron chi connectivity index (χ0n) is 11.4. The number of carbonyl (C=O) groups is 1. The number of rotatable bonds is 2. The molecule has 1 aliphatic carbocycles. The number of hydrogen-bond donors (Lipinski definition) is 0. The number of ether oxygens (including phenoxy) is 1. The molecule has 4 nitrogen and oxygen atoms in total. The number of hydrogen-bond acceptors (Lipinski definition) is 4. The number of esters is 1. The SMILES string of the molecule is COC(=O)c1ccc2c(c1)CC=C2c1nccc(C)n1. The molecule has 0 spiro atoms. The van der Waals surface area contributed by atoms with Crippen molar-refractivity contribution in [3.8, 4) is 0 Å². The maximum Gasteiger partial charge on any atom is 0.337 e. The predicted octanol–water partition coefficient (Wildman–Crippen LogP) is 2.56. The van der Waals surface area contributed by atoms with Gasteiger partial charge < -0.3 is 4.74 Å². The maximum absolute atomic E-state index is 11.5. The minimum absolute atomic E-state index is 0.312. The van der Waals surface area contributed by atoms with Crippen LogP contribution in [0.4, 0.5) is 0 Å². The molecule has 1 heterocycles. The van der Waals surface area contributed by atoms with Gasteiger partial charge in [-0.2, -0.15) is 0 Å². The van der Waals surface area contributed by atoms with Crippen LogP contribution in [0, 0.1) is 6.92 Å². The molecule has 1 aromatic carbocycles. The molecule has 0 aliphatic heterocycles. The van der Waals surface area contributed by atoms with Gasteiger partial charge in [-0.1, -0.05) is 12.1 Å². The van der Waals surface area contributed by atoms with Crippen molar-refractivity contribution in [1.82, 2.24) is 9.97 Å². The fraction of sp³-hybridized carbons (Fsp3) is 0.188. The first kappa shape index (κ1) is 12.5. The number of carbonyl (C=O) groups excluding carboxylic acids is 1. The van der Waals surface area contributed by atoms with E-state index in [1.807, 2.05) is 25.1 Å². The Morgan fingerprint density at radius 1 is 1.30 bits per heavy atom. The third-order valence-corrected chi connectivity index (χ3v) is 3.38. The highest BCUT2D eigenvalue weighted by molar-refractivity contribution is 5.91. The first-order valence-corrected chi connectivity index (χ1v) is 6.41. The zero-order valence-corrected chi connectivity index (χ0v) is 11.4. The highest BCUT2D eigenvalue weighted by Crippen LogP contribution is 2.31. The van der Waals surface area contributed by atoms with Crippen LogP contribution in [0.25, 0.3) is 5.57 Å². The van der Waals surface area contributed by atoms with Crippen molar-refractivity contribution in [1.29, 1.82) is 0 Å². The largest absolute Gasteiger partial charge is 0.465 e. The smallest absolute Gasteiger partial charge is 0.337 e. The van der Waals surface area contributed by atoms with E-state index >= 15 is 0 Å². The lowest BCUT2D eigenvalue weighted by Crippen LogP contribution is -2.02. The van der Waals surface area contributed by atoms with Crippen LogP contribution >= 0.6 is 0 Å². The van der Waals surface area contributed by atoms with Gasteiger partial charge in [-0.3, -0.25) is 0 Å². The van der Waals surface area contributed by atoms with Crippen LogP contribution in [-0.4, -0.2) is 23.0 Å². The molecule has 20 heavy (non-hydrogen) atoms. The van der Waals surface area contributed by atoms with E-state index in [2.05, 4.69) is 16.0 Å². The monoisotopic (exact) mass is 266 g/mol. The molecule has 2 aromatic rings. The third-order valence-electron chi connectivity index (χ3n) is 3.38. The zero-order chi connectivity index (χ0) is 14.1. The van der Waals surface area contributed by atoms with Gasteiger partial charge >= 0.3 is 5.97 Å². The Kier molecular flexibility index (Phi) is 3.06. The topological polar surface area (TPSA) is 52.1 Å². The summed E-state index contributed by atoms with van der Waals surface area (Å²) in [5.74, 6) is 0.419. The molecule has 3 rings (SSSR count). The normalized spacial score (nSPS) is 12.8. The summed E-state index contributed by atoms with van der Waals surface area (Å²) in [5, 5.41) is 0. The van der Waals surface area contributed by atoms with E-state index in [0.717, 1.165) is 34.6 Å². The van der Waals surface area contributed by atoms with E-state index in [9.17, 15) is 4.79 Å². The van der Waals surface area contributed by atoms with Crippen molar-refractivity contribution < 1.29 is 9.53 Å². The average Bonchev–Trinajstić information content (AvgIpc) is 2.89. The van der Waals surface area contributed by atoms with Gasteiger partial charge in [-0.15, -0.1) is 0 Å². The van der Waals surface area contributed by atoms with Gasteiger partial charge in [-0.05, 0) is 42.7 Å². The molecular weight excluding hydrogens is 252 g/mol. The Balaban J connectivity index is 2.00.